The van der Waals surface area contributed by atoms with Crippen LogP contribution in [-0.4, -0.2) is 42.3 Å². The highest BCUT2D eigenvalue weighted by atomic mass is 32.2. The number of benzene rings is 1. The zero-order valence-corrected chi connectivity index (χ0v) is 19.2. The fraction of sp³-hybridized carbons (Fsp3) is 0.565. The summed E-state index contributed by atoms with van der Waals surface area (Å²) < 4.78 is 29.1. The Balaban J connectivity index is 1.71. The molecule has 0 bridgehead atoms. The number of hydrogen-bond acceptors (Lipinski definition) is 4. The summed E-state index contributed by atoms with van der Waals surface area (Å²) in [6.45, 7) is 5.33. The second-order valence-corrected chi connectivity index (χ2v) is 11.1. The van der Waals surface area contributed by atoms with E-state index in [9.17, 15) is 18.0 Å². The minimum atomic E-state index is -3.64. The monoisotopic (exact) mass is 445 g/mol. The normalized spacial score (nSPS) is 25.1. The number of rotatable bonds is 4. The first-order valence-electron chi connectivity index (χ1n) is 11.1. The first-order chi connectivity index (χ1) is 14.7. The van der Waals surface area contributed by atoms with Gasteiger partial charge in [-0.15, -0.1) is 0 Å². The van der Waals surface area contributed by atoms with Gasteiger partial charge in [0.2, 0.25) is 15.5 Å². The van der Waals surface area contributed by atoms with Gasteiger partial charge in [-0.2, -0.15) is 4.31 Å². The molecule has 1 aliphatic carbocycles. The molecule has 7 nitrogen and oxygen atoms in total. The molecule has 0 radical (unpaired) electrons. The molecule has 3 atom stereocenters. The molecule has 1 aromatic carbocycles. The molecule has 31 heavy (non-hydrogen) atoms. The Labute approximate surface area is 183 Å². The molecule has 4 rings (SSSR count). The fourth-order valence-corrected chi connectivity index (χ4v) is 6.45. The fourth-order valence-electron chi connectivity index (χ4n) is 4.90. The van der Waals surface area contributed by atoms with Crippen molar-refractivity contribution >= 4 is 26.8 Å². The molecule has 2 fully saturated rings. The Kier molecular flexibility index (Phi) is 5.96. The predicted octanol–water partition coefficient (Wildman–Crippen LogP) is 2.88. The number of carbonyl (C=O) groups is 1. The molecule has 2 heterocycles. The number of nitrogens with one attached hydrogen (secondary N) is 1. The molecule has 1 amide bonds. The van der Waals surface area contributed by atoms with Gasteiger partial charge in [0.15, 0.2) is 0 Å². The Morgan fingerprint density at radius 2 is 1.81 bits per heavy atom. The molecular weight excluding hydrogens is 414 g/mol. The van der Waals surface area contributed by atoms with Crippen molar-refractivity contribution in [1.29, 1.82) is 0 Å². The van der Waals surface area contributed by atoms with Gasteiger partial charge in [-0.05, 0) is 49.3 Å². The van der Waals surface area contributed by atoms with Gasteiger partial charge in [-0.25, -0.2) is 8.42 Å². The highest BCUT2D eigenvalue weighted by Crippen LogP contribution is 2.29. The number of nitrogens with zero attached hydrogens (tertiary/aromatic N) is 2. The van der Waals surface area contributed by atoms with Crippen LogP contribution < -0.4 is 10.7 Å². The SMILES string of the molecule is C[C@H]1[C@H](C)CCC[C@H]1NC(=O)c1cn(C)c2ccc(S(=O)(=O)N3CCCC3)cc2c1=O. The number of aryl methyl sites for hydroxylation is 1. The third-order valence-corrected chi connectivity index (χ3v) is 9.03. The van der Waals surface area contributed by atoms with E-state index in [1.54, 1.807) is 29.9 Å². The third kappa shape index (κ3) is 4.03. The maximum absolute atomic E-state index is 13.2. The molecular formula is C23H31N3O4S. The molecule has 8 heteroatoms. The van der Waals surface area contributed by atoms with Crippen molar-refractivity contribution in [3.8, 4) is 0 Å². The Morgan fingerprint density at radius 3 is 2.52 bits per heavy atom. The summed E-state index contributed by atoms with van der Waals surface area (Å²) in [4.78, 5) is 26.4. The largest absolute Gasteiger partial charge is 0.350 e. The standard InChI is InChI=1S/C23H31N3O4S/c1-15-7-6-8-20(16(15)2)24-23(28)19-14-25(3)21-10-9-17(13-18(21)22(19)27)31(29,30)26-11-4-5-12-26/h9-10,13-16,20H,4-8,11-12H2,1-3H3,(H,24,28)/t15-,16+,20-/m1/s1. The van der Waals surface area contributed by atoms with Crippen molar-refractivity contribution in [2.45, 2.75) is 56.9 Å². The van der Waals surface area contributed by atoms with Gasteiger partial charge in [-0.3, -0.25) is 9.59 Å². The van der Waals surface area contributed by atoms with Crippen molar-refractivity contribution < 1.29 is 13.2 Å². The van der Waals surface area contributed by atoms with Crippen LogP contribution in [0.2, 0.25) is 0 Å². The summed E-state index contributed by atoms with van der Waals surface area (Å²) in [5, 5.41) is 3.31. The molecule has 1 saturated carbocycles. The highest BCUT2D eigenvalue weighted by Gasteiger charge is 2.30. The average molecular weight is 446 g/mol. The maximum atomic E-state index is 13.2. The van der Waals surface area contributed by atoms with Crippen molar-refractivity contribution in [1.82, 2.24) is 14.2 Å². The number of hydrogen-bond donors (Lipinski definition) is 1. The number of sulfonamides is 1. The molecule has 1 aromatic heterocycles. The smallest absolute Gasteiger partial charge is 0.256 e. The van der Waals surface area contributed by atoms with Gasteiger partial charge < -0.3 is 9.88 Å². The Bertz CT molecular complexity index is 1170. The first kappa shape index (κ1) is 22.0. The van der Waals surface area contributed by atoms with Crippen LogP contribution >= 0.6 is 0 Å². The van der Waals surface area contributed by atoms with E-state index in [2.05, 4.69) is 19.2 Å². The zero-order chi connectivity index (χ0) is 22.3. The van der Waals surface area contributed by atoms with Crippen LogP contribution in [-0.2, 0) is 17.1 Å². The molecule has 1 N–H and O–H groups in total. The van der Waals surface area contributed by atoms with Crippen molar-refractivity contribution in [2.24, 2.45) is 18.9 Å². The summed E-state index contributed by atoms with van der Waals surface area (Å²) in [7, 11) is -1.88. The summed E-state index contributed by atoms with van der Waals surface area (Å²) in [6.07, 6.45) is 6.35. The van der Waals surface area contributed by atoms with E-state index in [0.29, 0.717) is 30.4 Å². The Morgan fingerprint density at radius 1 is 1.10 bits per heavy atom. The van der Waals surface area contributed by atoms with E-state index in [-0.39, 0.29) is 27.8 Å². The molecule has 168 valence electrons. The van der Waals surface area contributed by atoms with E-state index in [1.165, 1.54) is 10.4 Å². The van der Waals surface area contributed by atoms with Crippen LogP contribution in [0, 0.1) is 11.8 Å². The third-order valence-electron chi connectivity index (χ3n) is 7.13. The minimum Gasteiger partial charge on any atom is -0.350 e. The quantitative estimate of drug-likeness (QED) is 0.784. The molecule has 1 aliphatic heterocycles. The van der Waals surface area contributed by atoms with Gasteiger partial charge >= 0.3 is 0 Å². The second-order valence-electron chi connectivity index (χ2n) is 9.12. The molecule has 2 aliphatic rings. The lowest BCUT2D eigenvalue weighted by atomic mass is 9.78. The second kappa shape index (κ2) is 8.39. The van der Waals surface area contributed by atoms with Gasteiger partial charge in [0, 0.05) is 37.8 Å². The first-order valence-corrected chi connectivity index (χ1v) is 12.6. The van der Waals surface area contributed by atoms with Gasteiger partial charge in [-0.1, -0.05) is 26.7 Å². The average Bonchev–Trinajstić information content (AvgIpc) is 3.29. The maximum Gasteiger partial charge on any atom is 0.256 e. The highest BCUT2D eigenvalue weighted by molar-refractivity contribution is 7.89. The van der Waals surface area contributed by atoms with Crippen molar-refractivity contribution in [2.75, 3.05) is 13.1 Å². The zero-order valence-electron chi connectivity index (χ0n) is 18.4. The van der Waals surface area contributed by atoms with E-state index in [4.69, 9.17) is 0 Å². The molecule has 0 unspecified atom stereocenters. The van der Waals surface area contributed by atoms with E-state index in [0.717, 1.165) is 32.1 Å². The topological polar surface area (TPSA) is 88.5 Å². The molecule has 0 spiro atoms. The number of carbonyl (C=O) groups excluding carboxylic acids is 1. The van der Waals surface area contributed by atoms with Gasteiger partial charge in [0.25, 0.3) is 5.91 Å². The lowest BCUT2D eigenvalue weighted by Gasteiger charge is -2.34. The number of pyridine rings is 1. The number of aromatic nitrogens is 1. The summed E-state index contributed by atoms with van der Waals surface area (Å²) in [5.74, 6) is 0.484. The van der Waals surface area contributed by atoms with Crippen LogP contribution in [0.5, 0.6) is 0 Å². The minimum absolute atomic E-state index is 0.0403. The Hall–Kier alpha value is -2.19. The summed E-state index contributed by atoms with van der Waals surface area (Å²) in [6, 6.07) is 4.65. The van der Waals surface area contributed by atoms with Gasteiger partial charge in [0.05, 0.1) is 10.4 Å². The van der Waals surface area contributed by atoms with E-state index < -0.39 is 15.5 Å². The van der Waals surface area contributed by atoms with Crippen LogP contribution in [0.25, 0.3) is 10.9 Å². The van der Waals surface area contributed by atoms with Crippen molar-refractivity contribution in [3.63, 3.8) is 0 Å². The van der Waals surface area contributed by atoms with Crippen LogP contribution in [0.3, 0.4) is 0 Å². The van der Waals surface area contributed by atoms with Crippen LogP contribution in [0.15, 0.2) is 34.1 Å². The van der Waals surface area contributed by atoms with Crippen LogP contribution in [0.1, 0.15) is 56.3 Å². The van der Waals surface area contributed by atoms with E-state index in [1.807, 2.05) is 0 Å². The van der Waals surface area contributed by atoms with E-state index >= 15 is 0 Å². The predicted molar refractivity (Wildman–Crippen MR) is 121 cm³/mol. The summed E-state index contributed by atoms with van der Waals surface area (Å²) >= 11 is 0. The molecule has 1 saturated heterocycles. The lowest BCUT2D eigenvalue weighted by Crippen LogP contribution is -2.45. The van der Waals surface area contributed by atoms with Crippen LogP contribution in [0.4, 0.5) is 0 Å². The van der Waals surface area contributed by atoms with Gasteiger partial charge in [0.1, 0.15) is 5.56 Å². The number of fused-ring (bicyclic) bond motifs is 1. The summed E-state index contributed by atoms with van der Waals surface area (Å²) in [5.41, 5.74) is 0.221. The number of amides is 1. The molecule has 2 aromatic rings. The lowest BCUT2D eigenvalue weighted by molar-refractivity contribution is 0.0889. The van der Waals surface area contributed by atoms with Crippen molar-refractivity contribution in [3.05, 3.63) is 40.2 Å².